The number of aromatic nitrogens is 2. The molecule has 0 bridgehead atoms. The Bertz CT molecular complexity index is 530. The number of halogens is 1. The molecular formula is C10H14FN3O5. The third kappa shape index (κ3) is 2.21. The fraction of sp³-hybridized carbons (Fsp3) is 0.600. The molecule has 0 saturated carbocycles. The standard InChI is InChI=1S/C10H14FN3O5/c11-5-2-14(9(18)13-8(5)12)7-1-6(17)10(3-15,4-16)19-7/h2,6-7,15-17H,1,3-4H2,(H2,12,13,18)/t6-,7+/m0/s1. The summed E-state index contributed by atoms with van der Waals surface area (Å²) >= 11 is 0. The van der Waals surface area contributed by atoms with E-state index in [1.165, 1.54) is 0 Å². The number of nitrogen functional groups attached to an aromatic ring is 1. The van der Waals surface area contributed by atoms with E-state index in [0.29, 0.717) is 0 Å². The Labute approximate surface area is 106 Å². The zero-order chi connectivity index (χ0) is 14.2. The number of aliphatic hydroxyl groups is 3. The van der Waals surface area contributed by atoms with Gasteiger partial charge in [-0.15, -0.1) is 0 Å². The van der Waals surface area contributed by atoms with Crippen molar-refractivity contribution in [1.82, 2.24) is 9.55 Å². The first-order valence-electron chi connectivity index (χ1n) is 5.55. The van der Waals surface area contributed by atoms with Crippen molar-refractivity contribution >= 4 is 5.82 Å². The minimum Gasteiger partial charge on any atom is -0.393 e. The van der Waals surface area contributed by atoms with Gasteiger partial charge in [-0.1, -0.05) is 0 Å². The molecule has 106 valence electrons. The number of nitrogens with zero attached hydrogens (tertiary/aromatic N) is 2. The summed E-state index contributed by atoms with van der Waals surface area (Å²) in [7, 11) is 0. The molecule has 1 aromatic rings. The predicted octanol–water partition coefficient (Wildman–Crippen LogP) is -2.03. The van der Waals surface area contributed by atoms with Crippen molar-refractivity contribution in [2.75, 3.05) is 18.9 Å². The highest BCUT2D eigenvalue weighted by molar-refractivity contribution is 5.26. The molecule has 1 saturated heterocycles. The second kappa shape index (κ2) is 4.85. The summed E-state index contributed by atoms with van der Waals surface area (Å²) in [6.07, 6.45) is -1.51. The van der Waals surface area contributed by atoms with Gasteiger partial charge in [0.05, 0.1) is 25.5 Å². The summed E-state index contributed by atoms with van der Waals surface area (Å²) in [5.41, 5.74) is 2.73. The molecule has 2 rings (SSSR count). The molecule has 0 aromatic carbocycles. The molecule has 1 fully saturated rings. The summed E-state index contributed by atoms with van der Waals surface area (Å²) in [6, 6.07) is 0. The summed E-state index contributed by atoms with van der Waals surface area (Å²) in [6.45, 7) is -1.28. The van der Waals surface area contributed by atoms with Crippen LogP contribution in [0.15, 0.2) is 11.0 Å². The largest absolute Gasteiger partial charge is 0.393 e. The number of aliphatic hydroxyl groups excluding tert-OH is 3. The topological polar surface area (TPSA) is 131 Å². The quantitative estimate of drug-likeness (QED) is 0.500. The van der Waals surface area contributed by atoms with Crippen LogP contribution < -0.4 is 11.4 Å². The van der Waals surface area contributed by atoms with Crippen LogP contribution in [0.3, 0.4) is 0 Å². The van der Waals surface area contributed by atoms with Crippen LogP contribution in [0, 0.1) is 5.82 Å². The van der Waals surface area contributed by atoms with Gasteiger partial charge in [0.25, 0.3) is 0 Å². The number of hydrogen-bond donors (Lipinski definition) is 4. The average molecular weight is 275 g/mol. The Balaban J connectivity index is 2.36. The van der Waals surface area contributed by atoms with E-state index in [4.69, 9.17) is 10.5 Å². The molecule has 2 heterocycles. The van der Waals surface area contributed by atoms with Gasteiger partial charge >= 0.3 is 5.69 Å². The minimum atomic E-state index is -1.58. The molecular weight excluding hydrogens is 261 g/mol. The van der Waals surface area contributed by atoms with Crippen LogP contribution in [0.25, 0.3) is 0 Å². The van der Waals surface area contributed by atoms with E-state index in [0.717, 1.165) is 10.8 Å². The van der Waals surface area contributed by atoms with Crippen molar-refractivity contribution in [3.8, 4) is 0 Å². The lowest BCUT2D eigenvalue weighted by atomic mass is 9.99. The zero-order valence-corrected chi connectivity index (χ0v) is 9.86. The van der Waals surface area contributed by atoms with E-state index in [2.05, 4.69) is 4.98 Å². The van der Waals surface area contributed by atoms with Crippen molar-refractivity contribution in [1.29, 1.82) is 0 Å². The molecule has 1 aromatic heterocycles. The number of anilines is 1. The Morgan fingerprint density at radius 3 is 2.74 bits per heavy atom. The van der Waals surface area contributed by atoms with Gasteiger partial charge in [-0.3, -0.25) is 4.57 Å². The average Bonchev–Trinajstić information content (AvgIpc) is 2.71. The zero-order valence-electron chi connectivity index (χ0n) is 9.86. The first kappa shape index (κ1) is 13.9. The number of ether oxygens (including phenoxy) is 1. The first-order valence-corrected chi connectivity index (χ1v) is 5.55. The molecule has 0 radical (unpaired) electrons. The Morgan fingerprint density at radius 1 is 1.58 bits per heavy atom. The fourth-order valence-corrected chi connectivity index (χ4v) is 1.97. The first-order chi connectivity index (χ1) is 8.93. The molecule has 0 unspecified atom stereocenters. The third-order valence-electron chi connectivity index (χ3n) is 3.18. The smallest absolute Gasteiger partial charge is 0.351 e. The van der Waals surface area contributed by atoms with E-state index in [1.807, 2.05) is 0 Å². The molecule has 5 N–H and O–H groups in total. The molecule has 1 aliphatic heterocycles. The van der Waals surface area contributed by atoms with Crippen molar-refractivity contribution in [3.05, 3.63) is 22.5 Å². The highest BCUT2D eigenvalue weighted by atomic mass is 19.1. The SMILES string of the molecule is Nc1nc(=O)n([C@H]2C[C@H](O)C(CO)(CO)O2)cc1F. The lowest BCUT2D eigenvalue weighted by Crippen LogP contribution is -2.46. The van der Waals surface area contributed by atoms with E-state index in [-0.39, 0.29) is 6.42 Å². The molecule has 19 heavy (non-hydrogen) atoms. The van der Waals surface area contributed by atoms with E-state index in [9.17, 15) is 24.5 Å². The van der Waals surface area contributed by atoms with E-state index >= 15 is 0 Å². The molecule has 0 spiro atoms. The number of hydrogen-bond acceptors (Lipinski definition) is 7. The van der Waals surface area contributed by atoms with Gasteiger partial charge in [0.2, 0.25) is 0 Å². The van der Waals surface area contributed by atoms with Crippen molar-refractivity contribution in [3.63, 3.8) is 0 Å². The molecule has 2 atom stereocenters. The Morgan fingerprint density at radius 2 is 2.21 bits per heavy atom. The highest BCUT2D eigenvalue weighted by Gasteiger charge is 2.48. The van der Waals surface area contributed by atoms with Crippen LogP contribution >= 0.6 is 0 Å². The summed E-state index contributed by atoms with van der Waals surface area (Å²) < 4.78 is 19.4. The number of nitrogens with two attached hydrogens (primary N) is 1. The maximum atomic E-state index is 13.3. The van der Waals surface area contributed by atoms with Crippen LogP contribution in [0.4, 0.5) is 10.2 Å². The second-order valence-electron chi connectivity index (χ2n) is 4.37. The maximum absolute atomic E-state index is 13.3. The maximum Gasteiger partial charge on any atom is 0.351 e. The van der Waals surface area contributed by atoms with Gasteiger partial charge in [0.15, 0.2) is 11.6 Å². The molecule has 8 nitrogen and oxygen atoms in total. The molecule has 0 amide bonds. The Hall–Kier alpha value is -1.55. The summed E-state index contributed by atoms with van der Waals surface area (Å²) in [5.74, 6) is -1.43. The van der Waals surface area contributed by atoms with Gasteiger partial charge in [-0.25, -0.2) is 9.18 Å². The summed E-state index contributed by atoms with van der Waals surface area (Å²) in [5, 5.41) is 28.1. The fourth-order valence-electron chi connectivity index (χ4n) is 1.97. The highest BCUT2D eigenvalue weighted by Crippen LogP contribution is 2.35. The van der Waals surface area contributed by atoms with Gasteiger partial charge < -0.3 is 25.8 Å². The van der Waals surface area contributed by atoms with E-state index < -0.39 is 48.5 Å². The van der Waals surface area contributed by atoms with Crippen LogP contribution in [-0.4, -0.2) is 49.8 Å². The van der Waals surface area contributed by atoms with Crippen LogP contribution in [0.2, 0.25) is 0 Å². The van der Waals surface area contributed by atoms with Crippen LogP contribution in [0.5, 0.6) is 0 Å². The van der Waals surface area contributed by atoms with E-state index in [1.54, 1.807) is 0 Å². The van der Waals surface area contributed by atoms with Crippen molar-refractivity contribution < 1.29 is 24.4 Å². The van der Waals surface area contributed by atoms with Gasteiger partial charge in [0, 0.05) is 6.42 Å². The molecule has 0 aliphatic carbocycles. The monoisotopic (exact) mass is 275 g/mol. The lowest BCUT2D eigenvalue weighted by molar-refractivity contribution is -0.150. The van der Waals surface area contributed by atoms with Crippen molar-refractivity contribution in [2.45, 2.75) is 24.4 Å². The number of rotatable bonds is 3. The normalized spacial score (nSPS) is 25.7. The van der Waals surface area contributed by atoms with Crippen LogP contribution in [0.1, 0.15) is 12.6 Å². The molecule has 9 heteroatoms. The predicted molar refractivity (Wildman–Crippen MR) is 60.5 cm³/mol. The molecule has 1 aliphatic rings. The third-order valence-corrected chi connectivity index (χ3v) is 3.18. The van der Waals surface area contributed by atoms with Gasteiger partial charge in [-0.05, 0) is 0 Å². The van der Waals surface area contributed by atoms with Gasteiger partial charge in [0.1, 0.15) is 11.8 Å². The van der Waals surface area contributed by atoms with Crippen LogP contribution in [-0.2, 0) is 4.74 Å². The Kier molecular flexibility index (Phi) is 3.54. The summed E-state index contributed by atoms with van der Waals surface area (Å²) in [4.78, 5) is 14.9. The van der Waals surface area contributed by atoms with Gasteiger partial charge in [-0.2, -0.15) is 4.98 Å². The second-order valence-corrected chi connectivity index (χ2v) is 4.37. The minimum absolute atomic E-state index is 0.0912. The van der Waals surface area contributed by atoms with Crippen molar-refractivity contribution in [2.24, 2.45) is 0 Å². The lowest BCUT2D eigenvalue weighted by Gasteiger charge is -2.27.